The third-order valence-corrected chi connectivity index (χ3v) is 15.5. The molecule has 2 heteroatoms. The molecule has 0 aliphatic heterocycles. The molecule has 0 bridgehead atoms. The van der Waals surface area contributed by atoms with Gasteiger partial charge in [0.25, 0.3) is 0 Å². The van der Waals surface area contributed by atoms with Crippen LogP contribution in [0.3, 0.4) is 0 Å². The number of hydrogen-bond donors (Lipinski definition) is 0. The van der Waals surface area contributed by atoms with Crippen molar-refractivity contribution in [2.75, 3.05) is 0 Å². The van der Waals surface area contributed by atoms with E-state index >= 15 is 0 Å². The molecule has 2 aromatic carbocycles. The SMILES string of the molecule is CC1=[C]([Zr+]([C]2=C(C)C=CC2)[c]2c(C)ccc3c2Cc2cc(C)ccc2-3)CC=C1.[Cl-]. The summed E-state index contributed by atoms with van der Waals surface area (Å²) in [6.07, 6.45) is 13.0. The van der Waals surface area contributed by atoms with Crippen LogP contribution < -0.4 is 15.7 Å². The molecule has 146 valence electrons. The Hall–Kier alpha value is -1.43. The minimum absolute atomic E-state index is 0. The monoisotopic (exact) mass is 476 g/mol. The van der Waals surface area contributed by atoms with Gasteiger partial charge in [0.15, 0.2) is 0 Å². The van der Waals surface area contributed by atoms with Crippen LogP contribution in [0.2, 0.25) is 0 Å². The molecule has 5 rings (SSSR count). The van der Waals surface area contributed by atoms with Gasteiger partial charge in [-0.3, -0.25) is 0 Å². The summed E-state index contributed by atoms with van der Waals surface area (Å²) in [7, 11) is 0. The van der Waals surface area contributed by atoms with Crippen LogP contribution in [0.25, 0.3) is 11.1 Å². The third-order valence-electron chi connectivity index (χ3n) is 6.62. The van der Waals surface area contributed by atoms with Gasteiger partial charge in [-0.25, -0.2) is 0 Å². The molecular weight excluding hydrogens is 451 g/mol. The Kier molecular flexibility index (Phi) is 5.75. The van der Waals surface area contributed by atoms with Gasteiger partial charge in [0, 0.05) is 0 Å². The van der Waals surface area contributed by atoms with Gasteiger partial charge < -0.3 is 12.4 Å². The van der Waals surface area contributed by atoms with Crippen molar-refractivity contribution in [3.8, 4) is 11.1 Å². The Bertz CT molecular complexity index is 1090. The van der Waals surface area contributed by atoms with Crippen LogP contribution in [-0.2, 0) is 28.2 Å². The Morgan fingerprint density at radius 1 is 0.759 bits per heavy atom. The van der Waals surface area contributed by atoms with Crippen molar-refractivity contribution < 1.29 is 34.2 Å². The van der Waals surface area contributed by atoms with Crippen LogP contribution in [0.15, 0.2) is 72.3 Å². The summed E-state index contributed by atoms with van der Waals surface area (Å²) >= 11 is -2.16. The topological polar surface area (TPSA) is 0 Å². The van der Waals surface area contributed by atoms with Gasteiger partial charge in [-0.2, -0.15) is 0 Å². The van der Waals surface area contributed by atoms with Crippen molar-refractivity contribution in [2.24, 2.45) is 0 Å². The summed E-state index contributed by atoms with van der Waals surface area (Å²) < 4.78 is 5.36. The second-order valence-corrected chi connectivity index (χ2v) is 14.6. The van der Waals surface area contributed by atoms with E-state index in [0.29, 0.717) is 0 Å². The standard InChI is InChI=1S/C15H13.2C6H7.ClH.Zr/c1-10-3-5-14-12(7-10)9-13-8-11(2)4-6-15(13)14;2*1-6-4-2-3-5-6;;/h3-7H,9H2,1-2H3;2*2,4H,3H2,1H3;1H;/q;;;;+1/p-1. The molecule has 0 heterocycles. The number of aryl methyl sites for hydroxylation is 2. The molecular formula is C27H27ClZr. The molecule has 0 nitrogen and oxygen atoms in total. The molecule has 0 spiro atoms. The van der Waals surface area contributed by atoms with E-state index in [1.165, 1.54) is 40.7 Å². The van der Waals surface area contributed by atoms with Crippen molar-refractivity contribution in [1.82, 2.24) is 0 Å². The van der Waals surface area contributed by atoms with Crippen LogP contribution >= 0.6 is 0 Å². The number of fused-ring (bicyclic) bond motifs is 3. The summed E-state index contributed by atoms with van der Waals surface area (Å²) in [5.41, 5.74) is 12.1. The first-order valence-corrected chi connectivity index (χ1v) is 14.1. The van der Waals surface area contributed by atoms with Crippen LogP contribution in [0.5, 0.6) is 0 Å². The molecule has 0 N–H and O–H groups in total. The molecule has 0 atom stereocenters. The zero-order chi connectivity index (χ0) is 19.4. The van der Waals surface area contributed by atoms with E-state index in [0.717, 1.165) is 6.42 Å². The van der Waals surface area contributed by atoms with Crippen LogP contribution in [0.1, 0.15) is 48.9 Å². The van der Waals surface area contributed by atoms with Crippen LogP contribution in [-0.4, -0.2) is 0 Å². The number of allylic oxidation sites excluding steroid dienone is 8. The Morgan fingerprint density at radius 3 is 1.97 bits per heavy atom. The zero-order valence-electron chi connectivity index (χ0n) is 17.7. The molecule has 29 heavy (non-hydrogen) atoms. The van der Waals surface area contributed by atoms with Crippen molar-refractivity contribution in [3.05, 3.63) is 94.6 Å². The Balaban J connectivity index is 0.00000205. The molecule has 3 aliphatic carbocycles. The molecule has 0 saturated carbocycles. The summed E-state index contributed by atoms with van der Waals surface area (Å²) in [5.74, 6) is 0. The fraction of sp³-hybridized carbons (Fsp3) is 0.259. The van der Waals surface area contributed by atoms with Crippen LogP contribution in [0, 0.1) is 13.8 Å². The summed E-state index contributed by atoms with van der Waals surface area (Å²) in [6, 6.07) is 11.8. The second-order valence-electron chi connectivity index (χ2n) is 8.53. The third kappa shape index (κ3) is 3.41. The summed E-state index contributed by atoms with van der Waals surface area (Å²) in [6.45, 7) is 9.26. The number of rotatable bonds is 3. The van der Waals surface area contributed by atoms with Crippen molar-refractivity contribution >= 4 is 3.27 Å². The van der Waals surface area contributed by atoms with Gasteiger partial charge in [-0.15, -0.1) is 0 Å². The second kappa shape index (κ2) is 8.01. The normalized spacial score (nSPS) is 16.4. The van der Waals surface area contributed by atoms with Gasteiger partial charge in [-0.1, -0.05) is 0 Å². The molecule has 0 amide bonds. The first kappa shape index (κ1) is 20.8. The van der Waals surface area contributed by atoms with E-state index in [9.17, 15) is 0 Å². The maximum atomic E-state index is 2.40. The fourth-order valence-corrected chi connectivity index (χ4v) is 14.0. The van der Waals surface area contributed by atoms with Gasteiger partial charge in [-0.05, 0) is 0 Å². The molecule has 0 aromatic heterocycles. The van der Waals surface area contributed by atoms with E-state index < -0.39 is 21.8 Å². The largest absolute Gasteiger partial charge is 1.00 e. The average molecular weight is 478 g/mol. The predicted octanol–water partition coefficient (Wildman–Crippen LogP) is 3.59. The molecule has 0 unspecified atom stereocenters. The smallest absolute Gasteiger partial charge is 1.00 e. The zero-order valence-corrected chi connectivity index (χ0v) is 20.9. The minimum atomic E-state index is -2.16. The maximum Gasteiger partial charge on any atom is -1.00 e. The minimum Gasteiger partial charge on any atom is -1.00 e. The molecule has 0 fully saturated rings. The molecule has 0 saturated heterocycles. The van der Waals surface area contributed by atoms with Gasteiger partial charge in [0.1, 0.15) is 0 Å². The van der Waals surface area contributed by atoms with E-state index in [-0.39, 0.29) is 12.4 Å². The Morgan fingerprint density at radius 2 is 1.38 bits per heavy atom. The van der Waals surface area contributed by atoms with Crippen molar-refractivity contribution in [3.63, 3.8) is 0 Å². The fourth-order valence-electron chi connectivity index (χ4n) is 5.18. The van der Waals surface area contributed by atoms with E-state index in [1.807, 2.05) is 0 Å². The number of hydrogen-bond acceptors (Lipinski definition) is 0. The molecule has 3 aliphatic rings. The van der Waals surface area contributed by atoms with E-state index in [2.05, 4.69) is 82.3 Å². The molecule has 2 aromatic rings. The quantitative estimate of drug-likeness (QED) is 0.540. The van der Waals surface area contributed by atoms with Crippen molar-refractivity contribution in [1.29, 1.82) is 0 Å². The van der Waals surface area contributed by atoms with Gasteiger partial charge in [0.05, 0.1) is 0 Å². The predicted molar refractivity (Wildman–Crippen MR) is 117 cm³/mol. The van der Waals surface area contributed by atoms with E-state index in [4.69, 9.17) is 0 Å². The first-order valence-electron chi connectivity index (χ1n) is 10.4. The maximum absolute atomic E-state index is 2.40. The van der Waals surface area contributed by atoms with E-state index in [1.54, 1.807) is 26.5 Å². The first-order chi connectivity index (χ1) is 13.5. The van der Waals surface area contributed by atoms with Gasteiger partial charge in [0.2, 0.25) is 0 Å². The summed E-state index contributed by atoms with van der Waals surface area (Å²) in [4.78, 5) is 0. The van der Waals surface area contributed by atoms with Gasteiger partial charge >= 0.3 is 178 Å². The molecule has 0 radical (unpaired) electrons. The number of benzene rings is 2. The Labute approximate surface area is 189 Å². The van der Waals surface area contributed by atoms with Crippen LogP contribution in [0.4, 0.5) is 0 Å². The summed E-state index contributed by atoms with van der Waals surface area (Å²) in [5, 5.41) is 0. The van der Waals surface area contributed by atoms with Crippen molar-refractivity contribution in [2.45, 2.75) is 47.0 Å². The average Bonchev–Trinajstić information content (AvgIpc) is 3.36. The number of halogens is 1.